The molecule has 18 heavy (non-hydrogen) atoms. The van der Waals surface area contributed by atoms with E-state index in [9.17, 15) is 14.9 Å². The fourth-order valence-electron chi connectivity index (χ4n) is 1.37. The lowest BCUT2D eigenvalue weighted by Crippen LogP contribution is -2.11. The zero-order valence-electron chi connectivity index (χ0n) is 10.0. The van der Waals surface area contributed by atoms with E-state index in [4.69, 9.17) is 10.5 Å². The summed E-state index contributed by atoms with van der Waals surface area (Å²) in [6, 6.07) is 4.32. The van der Waals surface area contributed by atoms with Gasteiger partial charge >= 0.3 is 5.97 Å². The number of carbonyl (C=O) groups is 1. The van der Waals surface area contributed by atoms with Gasteiger partial charge in [0, 0.05) is 18.3 Å². The fourth-order valence-corrected chi connectivity index (χ4v) is 1.37. The van der Waals surface area contributed by atoms with Gasteiger partial charge < -0.3 is 15.8 Å². The number of anilines is 2. The average molecular weight is 253 g/mol. The number of nitro benzene ring substituents is 1. The summed E-state index contributed by atoms with van der Waals surface area (Å²) in [4.78, 5) is 21.1. The van der Waals surface area contributed by atoms with Gasteiger partial charge in [-0.2, -0.15) is 0 Å². The van der Waals surface area contributed by atoms with Gasteiger partial charge in [-0.1, -0.05) is 0 Å². The van der Waals surface area contributed by atoms with Crippen LogP contribution in [0.3, 0.4) is 0 Å². The number of hydrogen-bond acceptors (Lipinski definition) is 6. The topological polar surface area (TPSA) is 107 Å². The Morgan fingerprint density at radius 3 is 2.83 bits per heavy atom. The fraction of sp³-hybridized carbons (Fsp3) is 0.364. The molecule has 0 bridgehead atoms. The van der Waals surface area contributed by atoms with Crippen molar-refractivity contribution in [1.82, 2.24) is 0 Å². The number of nitrogen functional groups attached to an aromatic ring is 1. The summed E-state index contributed by atoms with van der Waals surface area (Å²) in [5.41, 5.74) is 6.11. The Bertz CT molecular complexity index is 448. The van der Waals surface area contributed by atoms with Gasteiger partial charge in [0.05, 0.1) is 18.0 Å². The molecular weight excluding hydrogens is 238 g/mol. The van der Waals surface area contributed by atoms with Crippen LogP contribution in [0.4, 0.5) is 17.1 Å². The van der Waals surface area contributed by atoms with Crippen LogP contribution < -0.4 is 11.1 Å². The van der Waals surface area contributed by atoms with E-state index in [2.05, 4.69) is 5.32 Å². The number of ether oxygens (including phenoxy) is 1. The molecule has 1 aromatic carbocycles. The van der Waals surface area contributed by atoms with Gasteiger partial charge in [-0.25, -0.2) is 0 Å². The quantitative estimate of drug-likeness (QED) is 0.344. The van der Waals surface area contributed by atoms with E-state index >= 15 is 0 Å². The van der Waals surface area contributed by atoms with Crippen LogP contribution in [0.15, 0.2) is 18.2 Å². The van der Waals surface area contributed by atoms with Crippen LogP contribution in [0.2, 0.25) is 0 Å². The van der Waals surface area contributed by atoms with Crippen molar-refractivity contribution in [2.24, 2.45) is 0 Å². The lowest BCUT2D eigenvalue weighted by atomic mass is 10.2. The second-order valence-corrected chi connectivity index (χ2v) is 3.51. The zero-order valence-corrected chi connectivity index (χ0v) is 10.0. The minimum atomic E-state index is -0.544. The molecule has 7 nitrogen and oxygen atoms in total. The Kier molecular flexibility index (Phi) is 4.91. The summed E-state index contributed by atoms with van der Waals surface area (Å²) in [6.45, 7) is 2.47. The number of benzene rings is 1. The van der Waals surface area contributed by atoms with E-state index in [0.29, 0.717) is 18.8 Å². The predicted octanol–water partition coefficient (Wildman–Crippen LogP) is 1.54. The van der Waals surface area contributed by atoms with E-state index in [-0.39, 0.29) is 23.8 Å². The van der Waals surface area contributed by atoms with E-state index in [1.165, 1.54) is 12.1 Å². The molecule has 0 heterocycles. The maximum absolute atomic E-state index is 11.1. The molecular formula is C11H15N3O4. The SMILES string of the molecule is CCOC(=O)CCNc1ccc([N+](=O)[O-])c(N)c1. The number of carbonyl (C=O) groups excluding carboxylic acids is 1. The first-order chi connectivity index (χ1) is 8.54. The largest absolute Gasteiger partial charge is 0.466 e. The minimum Gasteiger partial charge on any atom is -0.466 e. The van der Waals surface area contributed by atoms with E-state index < -0.39 is 4.92 Å². The Balaban J connectivity index is 2.51. The Hall–Kier alpha value is -2.31. The molecule has 0 spiro atoms. The summed E-state index contributed by atoms with van der Waals surface area (Å²) >= 11 is 0. The molecule has 0 atom stereocenters. The molecule has 98 valence electrons. The van der Waals surface area contributed by atoms with Crippen LogP contribution in [0.5, 0.6) is 0 Å². The van der Waals surface area contributed by atoms with E-state index in [1.807, 2.05) is 0 Å². The Labute approximate surface area is 104 Å². The first-order valence-electron chi connectivity index (χ1n) is 5.48. The first-order valence-corrected chi connectivity index (χ1v) is 5.48. The molecule has 0 aliphatic heterocycles. The molecule has 0 saturated heterocycles. The molecule has 0 aliphatic rings. The smallest absolute Gasteiger partial charge is 0.307 e. The van der Waals surface area contributed by atoms with Crippen molar-refractivity contribution in [3.63, 3.8) is 0 Å². The van der Waals surface area contributed by atoms with Crippen LogP contribution in [0.25, 0.3) is 0 Å². The third kappa shape index (κ3) is 3.93. The molecule has 0 fully saturated rings. The second kappa shape index (κ2) is 6.43. The number of nitro groups is 1. The first kappa shape index (κ1) is 13.8. The lowest BCUT2D eigenvalue weighted by molar-refractivity contribution is -0.383. The van der Waals surface area contributed by atoms with Crippen LogP contribution in [0.1, 0.15) is 13.3 Å². The number of nitrogens with zero attached hydrogens (tertiary/aromatic N) is 1. The summed E-state index contributed by atoms with van der Waals surface area (Å²) in [5.74, 6) is -0.292. The lowest BCUT2D eigenvalue weighted by Gasteiger charge is -2.07. The van der Waals surface area contributed by atoms with Crippen molar-refractivity contribution in [1.29, 1.82) is 0 Å². The van der Waals surface area contributed by atoms with Crippen LogP contribution in [-0.2, 0) is 9.53 Å². The highest BCUT2D eigenvalue weighted by Gasteiger charge is 2.11. The summed E-state index contributed by atoms with van der Waals surface area (Å²) in [6.07, 6.45) is 0.227. The van der Waals surface area contributed by atoms with Crippen molar-refractivity contribution in [2.75, 3.05) is 24.2 Å². The highest BCUT2D eigenvalue weighted by Crippen LogP contribution is 2.24. The van der Waals surface area contributed by atoms with Crippen molar-refractivity contribution in [3.8, 4) is 0 Å². The van der Waals surface area contributed by atoms with Gasteiger partial charge in [0.2, 0.25) is 0 Å². The van der Waals surface area contributed by atoms with Gasteiger partial charge in [-0.3, -0.25) is 14.9 Å². The Morgan fingerprint density at radius 2 is 2.28 bits per heavy atom. The van der Waals surface area contributed by atoms with Crippen LogP contribution >= 0.6 is 0 Å². The molecule has 7 heteroatoms. The van der Waals surface area contributed by atoms with Crippen molar-refractivity contribution in [2.45, 2.75) is 13.3 Å². The van der Waals surface area contributed by atoms with Gasteiger partial charge in [0.15, 0.2) is 0 Å². The van der Waals surface area contributed by atoms with Gasteiger partial charge in [-0.05, 0) is 19.1 Å². The molecule has 0 radical (unpaired) electrons. The average Bonchev–Trinajstić information content (AvgIpc) is 2.29. The maximum Gasteiger partial charge on any atom is 0.307 e. The molecule has 0 amide bonds. The van der Waals surface area contributed by atoms with E-state index in [1.54, 1.807) is 13.0 Å². The summed E-state index contributed by atoms with van der Waals surface area (Å²) in [5, 5.41) is 13.5. The third-order valence-corrected chi connectivity index (χ3v) is 2.19. The summed E-state index contributed by atoms with van der Waals surface area (Å²) in [7, 11) is 0. The molecule has 1 aromatic rings. The Morgan fingerprint density at radius 1 is 1.56 bits per heavy atom. The number of nitrogens with two attached hydrogens (primary N) is 1. The number of esters is 1. The molecule has 1 rings (SSSR count). The molecule has 0 aromatic heterocycles. The van der Waals surface area contributed by atoms with Gasteiger partial charge in [-0.15, -0.1) is 0 Å². The normalized spacial score (nSPS) is 9.83. The number of nitrogens with one attached hydrogen (secondary N) is 1. The molecule has 0 unspecified atom stereocenters. The van der Waals surface area contributed by atoms with Crippen LogP contribution in [-0.4, -0.2) is 24.0 Å². The van der Waals surface area contributed by atoms with Gasteiger partial charge in [0.25, 0.3) is 5.69 Å². The van der Waals surface area contributed by atoms with Crippen LogP contribution in [0, 0.1) is 10.1 Å². The van der Waals surface area contributed by atoms with Crippen molar-refractivity contribution < 1.29 is 14.5 Å². The minimum absolute atomic E-state index is 0.0844. The number of rotatable bonds is 6. The third-order valence-electron chi connectivity index (χ3n) is 2.19. The second-order valence-electron chi connectivity index (χ2n) is 3.51. The van der Waals surface area contributed by atoms with Crippen molar-refractivity contribution in [3.05, 3.63) is 28.3 Å². The van der Waals surface area contributed by atoms with Gasteiger partial charge in [0.1, 0.15) is 5.69 Å². The molecule has 3 N–H and O–H groups in total. The maximum atomic E-state index is 11.1. The monoisotopic (exact) mass is 253 g/mol. The highest BCUT2D eigenvalue weighted by atomic mass is 16.6. The number of hydrogen-bond donors (Lipinski definition) is 2. The molecule has 0 saturated carbocycles. The zero-order chi connectivity index (χ0) is 13.5. The van der Waals surface area contributed by atoms with E-state index in [0.717, 1.165) is 0 Å². The molecule has 0 aliphatic carbocycles. The van der Waals surface area contributed by atoms with Crippen molar-refractivity contribution >= 4 is 23.0 Å². The standard InChI is InChI=1S/C11H15N3O4/c1-2-18-11(15)5-6-13-8-3-4-10(14(16)17)9(12)7-8/h3-4,7,13H,2,5-6,12H2,1H3. The summed E-state index contributed by atoms with van der Waals surface area (Å²) < 4.78 is 4.76. The highest BCUT2D eigenvalue weighted by molar-refractivity contribution is 5.70. The predicted molar refractivity (Wildman–Crippen MR) is 67.2 cm³/mol.